The van der Waals surface area contributed by atoms with E-state index in [0.717, 1.165) is 23.5 Å². The zero-order valence-electron chi connectivity index (χ0n) is 9.30. The van der Waals surface area contributed by atoms with Crippen molar-refractivity contribution in [1.82, 2.24) is 19.6 Å². The van der Waals surface area contributed by atoms with Gasteiger partial charge in [0.25, 0.3) is 0 Å². The van der Waals surface area contributed by atoms with Crippen molar-refractivity contribution in [3.63, 3.8) is 0 Å². The summed E-state index contributed by atoms with van der Waals surface area (Å²) in [5.41, 5.74) is 8.13. The van der Waals surface area contributed by atoms with Gasteiger partial charge in [-0.1, -0.05) is 0 Å². The fourth-order valence-corrected chi connectivity index (χ4v) is 1.88. The van der Waals surface area contributed by atoms with Crippen LogP contribution in [0.2, 0.25) is 0 Å². The number of anilines is 1. The van der Waals surface area contributed by atoms with E-state index in [0.29, 0.717) is 6.04 Å². The summed E-state index contributed by atoms with van der Waals surface area (Å²) in [6.07, 6.45) is 8.07. The van der Waals surface area contributed by atoms with Gasteiger partial charge in [0.1, 0.15) is 5.82 Å². The molecule has 5 heteroatoms. The third kappa shape index (κ3) is 1.39. The smallest absolute Gasteiger partial charge is 0.130 e. The van der Waals surface area contributed by atoms with E-state index < -0.39 is 0 Å². The molecule has 0 amide bonds. The lowest BCUT2D eigenvalue weighted by molar-refractivity contribution is 0.651. The van der Waals surface area contributed by atoms with Crippen LogP contribution in [0, 0.1) is 0 Å². The van der Waals surface area contributed by atoms with Gasteiger partial charge in [0.2, 0.25) is 0 Å². The third-order valence-electron chi connectivity index (χ3n) is 3.00. The predicted molar refractivity (Wildman–Crippen MR) is 61.8 cm³/mol. The number of nitrogens with zero attached hydrogens (tertiary/aromatic N) is 4. The Bertz CT molecular complexity index is 506. The molecule has 2 aromatic heterocycles. The summed E-state index contributed by atoms with van der Waals surface area (Å²) < 4.78 is 3.82. The van der Waals surface area contributed by atoms with Gasteiger partial charge < -0.3 is 5.73 Å². The van der Waals surface area contributed by atoms with Gasteiger partial charge in [0.05, 0.1) is 18.4 Å². The Balaban J connectivity index is 1.99. The minimum absolute atomic E-state index is 0.523. The van der Waals surface area contributed by atoms with Crippen LogP contribution in [-0.4, -0.2) is 19.6 Å². The quantitative estimate of drug-likeness (QED) is 0.850. The lowest BCUT2D eigenvalue weighted by atomic mass is 10.2. The molecular formula is C11H15N5. The van der Waals surface area contributed by atoms with Gasteiger partial charge in [-0.3, -0.25) is 4.68 Å². The molecule has 0 atom stereocenters. The Kier molecular flexibility index (Phi) is 1.99. The molecule has 0 saturated heterocycles. The molecule has 0 aromatic carbocycles. The second-order valence-corrected chi connectivity index (χ2v) is 4.20. The molecular weight excluding hydrogens is 202 g/mol. The first-order valence-electron chi connectivity index (χ1n) is 5.65. The largest absolute Gasteiger partial charge is 0.383 e. The topological polar surface area (TPSA) is 61.7 Å². The molecule has 1 fully saturated rings. The molecule has 5 nitrogen and oxygen atoms in total. The van der Waals surface area contributed by atoms with Crippen molar-refractivity contribution in [1.29, 1.82) is 0 Å². The molecule has 0 unspecified atom stereocenters. The van der Waals surface area contributed by atoms with Gasteiger partial charge in [-0.15, -0.1) is 0 Å². The second-order valence-electron chi connectivity index (χ2n) is 4.20. The van der Waals surface area contributed by atoms with Gasteiger partial charge in [0.15, 0.2) is 0 Å². The standard InChI is InChI=1S/C11H15N5/c1-2-15-7-8(5-13-15)10-6-14-16(11(10)12)9-3-4-9/h5-7,9H,2-4,12H2,1H3. The highest BCUT2D eigenvalue weighted by Crippen LogP contribution is 2.38. The Hall–Kier alpha value is -1.78. The van der Waals surface area contributed by atoms with Crippen LogP contribution in [0.4, 0.5) is 5.82 Å². The van der Waals surface area contributed by atoms with Gasteiger partial charge in [0, 0.05) is 23.9 Å². The van der Waals surface area contributed by atoms with Gasteiger partial charge >= 0.3 is 0 Å². The van der Waals surface area contributed by atoms with Gasteiger partial charge in [-0.25, -0.2) is 4.68 Å². The van der Waals surface area contributed by atoms with Crippen LogP contribution in [0.5, 0.6) is 0 Å². The second kappa shape index (κ2) is 3.37. The Morgan fingerprint density at radius 3 is 2.81 bits per heavy atom. The number of aryl methyl sites for hydroxylation is 1. The molecule has 2 heterocycles. The van der Waals surface area contributed by atoms with Crippen LogP contribution >= 0.6 is 0 Å². The Morgan fingerprint density at radius 1 is 1.38 bits per heavy atom. The molecule has 1 saturated carbocycles. The summed E-state index contributed by atoms with van der Waals surface area (Å²) in [7, 11) is 0. The first kappa shape index (κ1) is 9.45. The van der Waals surface area contributed by atoms with Crippen LogP contribution < -0.4 is 5.73 Å². The number of nitrogens with two attached hydrogens (primary N) is 1. The molecule has 1 aliphatic carbocycles. The fourth-order valence-electron chi connectivity index (χ4n) is 1.88. The normalized spacial score (nSPS) is 15.6. The monoisotopic (exact) mass is 217 g/mol. The maximum absolute atomic E-state index is 6.09. The van der Waals surface area contributed by atoms with Crippen molar-refractivity contribution in [2.75, 3.05) is 5.73 Å². The van der Waals surface area contributed by atoms with Crippen molar-refractivity contribution < 1.29 is 0 Å². The molecule has 0 radical (unpaired) electrons. The molecule has 3 rings (SSSR count). The first-order valence-corrected chi connectivity index (χ1v) is 5.65. The number of hydrogen-bond donors (Lipinski definition) is 1. The van der Waals surface area contributed by atoms with Crippen molar-refractivity contribution in [2.24, 2.45) is 0 Å². The highest BCUT2D eigenvalue weighted by atomic mass is 15.3. The number of nitrogen functional groups attached to an aromatic ring is 1. The maximum Gasteiger partial charge on any atom is 0.130 e. The van der Waals surface area contributed by atoms with Crippen LogP contribution in [0.3, 0.4) is 0 Å². The fraction of sp³-hybridized carbons (Fsp3) is 0.455. The molecule has 0 spiro atoms. The van der Waals surface area contributed by atoms with E-state index in [-0.39, 0.29) is 0 Å². The predicted octanol–water partition coefficient (Wildman–Crippen LogP) is 1.68. The summed E-state index contributed by atoms with van der Waals surface area (Å²) in [6.45, 7) is 2.93. The SMILES string of the molecule is CCn1cc(-c2cnn(C3CC3)c2N)cn1. The molecule has 0 aliphatic heterocycles. The van der Waals surface area contributed by atoms with Crippen molar-refractivity contribution >= 4 is 5.82 Å². The van der Waals surface area contributed by atoms with Crippen molar-refractivity contribution in [3.8, 4) is 11.1 Å². The summed E-state index contributed by atoms with van der Waals surface area (Å²) in [4.78, 5) is 0. The van der Waals surface area contributed by atoms with Crippen molar-refractivity contribution in [2.45, 2.75) is 32.4 Å². The van der Waals surface area contributed by atoms with E-state index in [9.17, 15) is 0 Å². The van der Waals surface area contributed by atoms with E-state index in [1.807, 2.05) is 28.0 Å². The van der Waals surface area contributed by atoms with E-state index in [1.165, 1.54) is 12.8 Å². The number of aromatic nitrogens is 4. The molecule has 2 N–H and O–H groups in total. The molecule has 2 aromatic rings. The highest BCUT2D eigenvalue weighted by Gasteiger charge is 2.27. The average molecular weight is 217 g/mol. The zero-order chi connectivity index (χ0) is 11.1. The first-order chi connectivity index (χ1) is 7.79. The maximum atomic E-state index is 6.09. The number of rotatable bonds is 3. The highest BCUT2D eigenvalue weighted by molar-refractivity contribution is 5.72. The van der Waals surface area contributed by atoms with Crippen LogP contribution in [0.25, 0.3) is 11.1 Å². The molecule has 1 aliphatic rings. The molecule has 84 valence electrons. The van der Waals surface area contributed by atoms with E-state index >= 15 is 0 Å². The third-order valence-corrected chi connectivity index (χ3v) is 3.00. The Labute approximate surface area is 93.9 Å². The Morgan fingerprint density at radius 2 is 2.19 bits per heavy atom. The zero-order valence-corrected chi connectivity index (χ0v) is 9.30. The van der Waals surface area contributed by atoms with Crippen LogP contribution in [-0.2, 0) is 6.54 Å². The van der Waals surface area contributed by atoms with Crippen LogP contribution in [0.15, 0.2) is 18.6 Å². The summed E-state index contributed by atoms with van der Waals surface area (Å²) in [6, 6.07) is 0.523. The van der Waals surface area contributed by atoms with Gasteiger partial charge in [-0.2, -0.15) is 10.2 Å². The van der Waals surface area contributed by atoms with E-state index in [2.05, 4.69) is 17.1 Å². The molecule has 16 heavy (non-hydrogen) atoms. The van der Waals surface area contributed by atoms with E-state index in [1.54, 1.807) is 0 Å². The molecule has 0 bridgehead atoms. The lowest BCUT2D eigenvalue weighted by Crippen LogP contribution is -2.02. The summed E-state index contributed by atoms with van der Waals surface area (Å²) >= 11 is 0. The minimum Gasteiger partial charge on any atom is -0.383 e. The van der Waals surface area contributed by atoms with Crippen molar-refractivity contribution in [3.05, 3.63) is 18.6 Å². The summed E-state index contributed by atoms with van der Waals surface area (Å²) in [5.74, 6) is 0.762. The number of hydrogen-bond acceptors (Lipinski definition) is 3. The minimum atomic E-state index is 0.523. The van der Waals surface area contributed by atoms with Gasteiger partial charge in [-0.05, 0) is 19.8 Å². The average Bonchev–Trinajstić information content (AvgIpc) is 2.89. The lowest BCUT2D eigenvalue weighted by Gasteiger charge is -2.01. The van der Waals surface area contributed by atoms with E-state index in [4.69, 9.17) is 5.73 Å². The summed E-state index contributed by atoms with van der Waals surface area (Å²) in [5, 5.41) is 8.59. The van der Waals surface area contributed by atoms with Crippen LogP contribution in [0.1, 0.15) is 25.8 Å².